The van der Waals surface area contributed by atoms with Crippen LogP contribution in [0.5, 0.6) is 11.5 Å². The van der Waals surface area contributed by atoms with Crippen LogP contribution >= 0.6 is 0 Å². The molecule has 6 heteroatoms. The Hall–Kier alpha value is -4.58. The number of phenols is 2. The molecule has 0 aliphatic rings. The number of hydrogen-bond donors (Lipinski definition) is 2. The molecule has 0 saturated carbocycles. The maximum absolute atomic E-state index is 10.5. The highest BCUT2D eigenvalue weighted by atomic mass is 16.3. The van der Waals surface area contributed by atoms with Crippen LogP contribution in [0.1, 0.15) is 0 Å². The minimum Gasteiger partial charge on any atom is -0.504 e. The molecule has 0 atom stereocenters. The Kier molecular flexibility index (Phi) is 4.36. The van der Waals surface area contributed by atoms with E-state index in [0.29, 0.717) is 6.67 Å². The van der Waals surface area contributed by atoms with E-state index >= 15 is 0 Å². The van der Waals surface area contributed by atoms with Gasteiger partial charge in [-0.1, -0.05) is 48.5 Å². The summed E-state index contributed by atoms with van der Waals surface area (Å²) in [6, 6.07) is 31.0. The number of phenolic OH excluding ortho intramolecular Hbond substituents is 2. The molecule has 0 aliphatic carbocycles. The lowest BCUT2D eigenvalue weighted by Crippen LogP contribution is -2.50. The van der Waals surface area contributed by atoms with E-state index < -0.39 is 0 Å². The summed E-state index contributed by atoms with van der Waals surface area (Å²) in [5.41, 5.74) is 5.57. The van der Waals surface area contributed by atoms with E-state index in [0.717, 1.165) is 33.4 Å². The Bertz CT molecular complexity index is 1510. The van der Waals surface area contributed by atoms with Crippen LogP contribution in [0.4, 0.5) is 0 Å². The van der Waals surface area contributed by atoms with Gasteiger partial charge in [0.25, 0.3) is 12.7 Å². The molecule has 0 unspecified atom stereocenters. The van der Waals surface area contributed by atoms with E-state index in [2.05, 4.69) is 21.3 Å². The molecular weight excluding hydrogens is 412 g/mol. The number of rotatable bonds is 4. The summed E-state index contributed by atoms with van der Waals surface area (Å²) in [5.74, 6) is 0.462. The quantitative estimate of drug-likeness (QED) is 0.411. The average Bonchev–Trinajstić information content (AvgIpc) is 3.39. The van der Waals surface area contributed by atoms with E-state index in [1.807, 2.05) is 94.6 Å². The normalized spacial score (nSPS) is 11.4. The maximum atomic E-state index is 10.5. The molecular formula is C27H22N4O2+2. The van der Waals surface area contributed by atoms with Gasteiger partial charge in [0.2, 0.25) is 6.67 Å². The zero-order valence-electron chi connectivity index (χ0n) is 17.8. The fourth-order valence-corrected chi connectivity index (χ4v) is 4.46. The van der Waals surface area contributed by atoms with Crippen molar-refractivity contribution in [2.45, 2.75) is 6.67 Å². The summed E-state index contributed by atoms with van der Waals surface area (Å²) in [5, 5.41) is 20.9. The van der Waals surface area contributed by atoms with Gasteiger partial charge in [0.1, 0.15) is 0 Å². The first kappa shape index (κ1) is 19.1. The number of fused-ring (bicyclic) bond motifs is 2. The van der Waals surface area contributed by atoms with Crippen LogP contribution < -0.4 is 9.13 Å². The Morgan fingerprint density at radius 1 is 0.515 bits per heavy atom. The summed E-state index contributed by atoms with van der Waals surface area (Å²) in [4.78, 5) is 0. The van der Waals surface area contributed by atoms with Crippen LogP contribution in [-0.4, -0.2) is 19.3 Å². The zero-order chi connectivity index (χ0) is 22.4. The van der Waals surface area contributed by atoms with E-state index in [9.17, 15) is 10.2 Å². The van der Waals surface area contributed by atoms with Gasteiger partial charge in [-0.15, -0.1) is 0 Å². The van der Waals surface area contributed by atoms with E-state index in [-0.39, 0.29) is 11.5 Å². The minimum atomic E-state index is 0.231. The molecule has 0 bridgehead atoms. The number of aromatic hydroxyl groups is 2. The fourth-order valence-electron chi connectivity index (χ4n) is 4.46. The molecule has 0 aliphatic heterocycles. The van der Waals surface area contributed by atoms with Gasteiger partial charge < -0.3 is 10.2 Å². The van der Waals surface area contributed by atoms with Gasteiger partial charge in [0, 0.05) is 0 Å². The van der Waals surface area contributed by atoms with Crippen LogP contribution in [0, 0.1) is 0 Å². The van der Waals surface area contributed by atoms with E-state index in [4.69, 9.17) is 0 Å². The second-order valence-corrected chi connectivity index (χ2v) is 8.01. The highest BCUT2D eigenvalue weighted by Crippen LogP contribution is 2.26. The molecule has 0 saturated heterocycles. The van der Waals surface area contributed by atoms with Crippen molar-refractivity contribution in [3.63, 3.8) is 0 Å². The SMILES string of the molecule is Oc1ccccc1-n1c[n+](C[n+]2cn(-c3ccccc3O)c3ccccc32)c2ccccc21. The molecule has 2 aromatic heterocycles. The second kappa shape index (κ2) is 7.53. The lowest BCUT2D eigenvalue weighted by molar-refractivity contribution is -0.890. The molecule has 33 heavy (non-hydrogen) atoms. The Labute approximate surface area is 190 Å². The van der Waals surface area contributed by atoms with E-state index in [1.54, 1.807) is 12.1 Å². The van der Waals surface area contributed by atoms with Crippen molar-refractivity contribution < 1.29 is 19.3 Å². The Balaban J connectivity index is 1.53. The highest BCUT2D eigenvalue weighted by Gasteiger charge is 2.24. The molecule has 4 aromatic carbocycles. The van der Waals surface area contributed by atoms with Gasteiger partial charge in [-0.05, 0) is 48.5 Å². The predicted molar refractivity (Wildman–Crippen MR) is 126 cm³/mol. The van der Waals surface area contributed by atoms with Crippen LogP contribution in [-0.2, 0) is 6.67 Å². The Morgan fingerprint density at radius 3 is 1.36 bits per heavy atom. The standard InChI is InChI=1S/C27H20N4O2/c32-26-15-7-5-13-24(26)30-18-28(20-9-1-3-11-22(20)30)17-29-19-31(23-12-4-2-10-21(23)29)25-14-6-8-16-27(25)33/h1-16,18-19H,17H2/p+2. The van der Waals surface area contributed by atoms with Crippen molar-refractivity contribution in [1.29, 1.82) is 0 Å². The highest BCUT2D eigenvalue weighted by molar-refractivity contribution is 5.76. The maximum Gasteiger partial charge on any atom is 0.253 e. The number of aromatic nitrogens is 4. The molecule has 2 heterocycles. The molecule has 6 rings (SSSR count). The largest absolute Gasteiger partial charge is 0.504 e. The van der Waals surface area contributed by atoms with Crippen molar-refractivity contribution in [3.05, 3.63) is 110 Å². The summed E-state index contributed by atoms with van der Waals surface area (Å²) in [6.07, 6.45) is 4.03. The van der Waals surface area contributed by atoms with Gasteiger partial charge in [0.15, 0.2) is 44.9 Å². The molecule has 6 aromatic rings. The van der Waals surface area contributed by atoms with E-state index in [1.165, 1.54) is 0 Å². The summed E-state index contributed by atoms with van der Waals surface area (Å²) in [7, 11) is 0. The molecule has 0 spiro atoms. The smallest absolute Gasteiger partial charge is 0.253 e. The fraction of sp³-hybridized carbons (Fsp3) is 0.0370. The summed E-state index contributed by atoms with van der Waals surface area (Å²) < 4.78 is 8.33. The van der Waals surface area contributed by atoms with Gasteiger partial charge in [0.05, 0.1) is 0 Å². The molecule has 6 nitrogen and oxygen atoms in total. The molecule has 0 amide bonds. The van der Waals surface area contributed by atoms with Crippen molar-refractivity contribution in [2.75, 3.05) is 0 Å². The minimum absolute atomic E-state index is 0.231. The predicted octanol–water partition coefficient (Wildman–Crippen LogP) is 4.07. The third-order valence-corrected chi connectivity index (χ3v) is 6.00. The first-order chi connectivity index (χ1) is 16.2. The van der Waals surface area contributed by atoms with Crippen LogP contribution in [0.2, 0.25) is 0 Å². The van der Waals surface area contributed by atoms with Crippen molar-refractivity contribution in [3.8, 4) is 22.9 Å². The van der Waals surface area contributed by atoms with Crippen molar-refractivity contribution in [1.82, 2.24) is 9.13 Å². The number of para-hydroxylation sites is 8. The van der Waals surface area contributed by atoms with Gasteiger partial charge in [-0.2, -0.15) is 18.3 Å². The first-order valence-corrected chi connectivity index (χ1v) is 10.8. The second-order valence-electron chi connectivity index (χ2n) is 8.01. The van der Waals surface area contributed by atoms with Gasteiger partial charge in [-0.3, -0.25) is 0 Å². The third kappa shape index (κ3) is 3.11. The van der Waals surface area contributed by atoms with Crippen molar-refractivity contribution >= 4 is 22.1 Å². The van der Waals surface area contributed by atoms with Crippen LogP contribution in [0.25, 0.3) is 33.4 Å². The monoisotopic (exact) mass is 434 g/mol. The molecule has 2 N–H and O–H groups in total. The lowest BCUT2D eigenvalue weighted by atomic mass is 10.2. The third-order valence-electron chi connectivity index (χ3n) is 6.00. The summed E-state index contributed by atoms with van der Waals surface area (Å²) >= 11 is 0. The number of benzene rings is 4. The first-order valence-electron chi connectivity index (χ1n) is 10.8. The van der Waals surface area contributed by atoms with Gasteiger partial charge >= 0.3 is 0 Å². The Morgan fingerprint density at radius 2 is 0.909 bits per heavy atom. The number of nitrogens with zero attached hydrogens (tertiary/aromatic N) is 4. The zero-order valence-corrected chi connectivity index (χ0v) is 17.8. The van der Waals surface area contributed by atoms with Crippen molar-refractivity contribution in [2.24, 2.45) is 0 Å². The number of hydrogen-bond acceptors (Lipinski definition) is 2. The summed E-state index contributed by atoms with van der Waals surface area (Å²) in [6.45, 7) is 0.558. The average molecular weight is 434 g/mol. The number of imidazole rings is 2. The van der Waals surface area contributed by atoms with Gasteiger partial charge in [-0.25, -0.2) is 0 Å². The van der Waals surface area contributed by atoms with Crippen LogP contribution in [0.3, 0.4) is 0 Å². The molecule has 0 radical (unpaired) electrons. The lowest BCUT2D eigenvalue weighted by Gasteiger charge is -1.99. The molecule has 0 fully saturated rings. The van der Waals surface area contributed by atoms with Crippen LogP contribution in [0.15, 0.2) is 110 Å². The topological polar surface area (TPSA) is 58.1 Å². The molecule has 160 valence electrons.